The van der Waals surface area contributed by atoms with Gasteiger partial charge >= 0.3 is 0 Å². The maximum atomic E-state index is 12.0. The van der Waals surface area contributed by atoms with Crippen LogP contribution in [-0.4, -0.2) is 18.6 Å². The predicted molar refractivity (Wildman–Crippen MR) is 62.8 cm³/mol. The van der Waals surface area contributed by atoms with Crippen molar-refractivity contribution < 1.29 is 9.53 Å². The number of nitrogens with one attached hydrogen (secondary N) is 1. The molecule has 1 amide bonds. The van der Waals surface area contributed by atoms with Gasteiger partial charge in [-0.3, -0.25) is 4.79 Å². The zero-order chi connectivity index (χ0) is 11.5. The molecule has 1 aliphatic carbocycles. The maximum Gasteiger partial charge on any atom is 0.250 e. The van der Waals surface area contributed by atoms with Gasteiger partial charge < -0.3 is 10.1 Å². The summed E-state index contributed by atoms with van der Waals surface area (Å²) < 4.78 is 5.31. The highest BCUT2D eigenvalue weighted by atomic mass is 16.5. The molecule has 0 unspecified atom stereocenters. The minimum Gasteiger partial charge on any atom is -0.497 e. The molecule has 1 saturated carbocycles. The molecule has 1 heterocycles. The van der Waals surface area contributed by atoms with Crippen LogP contribution in [0.4, 0.5) is 0 Å². The van der Waals surface area contributed by atoms with E-state index >= 15 is 0 Å². The van der Waals surface area contributed by atoms with Crippen LogP contribution < -0.4 is 5.32 Å². The minimum atomic E-state index is 0.0922. The molecule has 0 bridgehead atoms. The first-order chi connectivity index (χ1) is 7.66. The molecule has 0 aromatic heterocycles. The van der Waals surface area contributed by atoms with Gasteiger partial charge in [-0.2, -0.15) is 0 Å². The fraction of sp³-hybridized carbons (Fsp3) is 0.769. The van der Waals surface area contributed by atoms with Crippen molar-refractivity contribution in [3.8, 4) is 0 Å². The molecule has 1 aliphatic heterocycles. The van der Waals surface area contributed by atoms with Gasteiger partial charge in [0.05, 0.1) is 12.2 Å². The fourth-order valence-corrected chi connectivity index (χ4v) is 2.52. The van der Waals surface area contributed by atoms with E-state index < -0.39 is 0 Å². The number of carbonyl (C=O) groups is 1. The Labute approximate surface area is 97.2 Å². The zero-order valence-corrected chi connectivity index (χ0v) is 10.2. The minimum absolute atomic E-state index is 0.0922. The molecule has 0 aromatic rings. The van der Waals surface area contributed by atoms with Crippen LogP contribution in [0, 0.1) is 5.92 Å². The van der Waals surface area contributed by atoms with Gasteiger partial charge in [0.25, 0.3) is 5.91 Å². The van der Waals surface area contributed by atoms with Gasteiger partial charge in [0, 0.05) is 12.5 Å². The Balaban J connectivity index is 1.86. The summed E-state index contributed by atoms with van der Waals surface area (Å²) in [6.45, 7) is 4.83. The molecule has 1 fully saturated rings. The number of allylic oxidation sites excluding steroid dienone is 1. The van der Waals surface area contributed by atoms with E-state index in [4.69, 9.17) is 4.74 Å². The Kier molecular flexibility index (Phi) is 3.52. The zero-order valence-electron chi connectivity index (χ0n) is 10.2. The van der Waals surface area contributed by atoms with E-state index in [-0.39, 0.29) is 5.91 Å². The lowest BCUT2D eigenvalue weighted by atomic mass is 9.87. The van der Waals surface area contributed by atoms with Crippen molar-refractivity contribution in [1.82, 2.24) is 5.32 Å². The topological polar surface area (TPSA) is 38.3 Å². The average molecular weight is 223 g/mol. The normalized spacial score (nSPS) is 30.1. The first kappa shape index (κ1) is 11.5. The lowest BCUT2D eigenvalue weighted by molar-refractivity contribution is -0.118. The third kappa shape index (κ3) is 2.57. The molecule has 3 heteroatoms. The third-order valence-electron chi connectivity index (χ3n) is 3.72. The number of carbonyl (C=O) groups excluding carboxylic acids is 1. The van der Waals surface area contributed by atoms with Gasteiger partial charge in [-0.05, 0) is 38.5 Å². The lowest BCUT2D eigenvalue weighted by Crippen LogP contribution is -2.38. The fourth-order valence-electron chi connectivity index (χ4n) is 2.52. The van der Waals surface area contributed by atoms with Crippen molar-refractivity contribution in [3.05, 3.63) is 11.3 Å². The van der Waals surface area contributed by atoms with Gasteiger partial charge in [-0.25, -0.2) is 0 Å². The molecular formula is C13H21NO2. The summed E-state index contributed by atoms with van der Waals surface area (Å²) in [5, 5.41) is 3.13. The van der Waals surface area contributed by atoms with E-state index in [0.717, 1.165) is 36.5 Å². The largest absolute Gasteiger partial charge is 0.497 e. The molecule has 2 rings (SSSR count). The number of amides is 1. The lowest BCUT2D eigenvalue weighted by Gasteiger charge is -2.27. The van der Waals surface area contributed by atoms with Crippen LogP contribution in [0.15, 0.2) is 11.3 Å². The van der Waals surface area contributed by atoms with Crippen molar-refractivity contribution >= 4 is 5.91 Å². The second-order valence-corrected chi connectivity index (χ2v) is 5.06. The molecule has 0 spiro atoms. The van der Waals surface area contributed by atoms with Crippen molar-refractivity contribution in [2.45, 2.75) is 52.0 Å². The van der Waals surface area contributed by atoms with E-state index in [9.17, 15) is 4.79 Å². The van der Waals surface area contributed by atoms with Crippen LogP contribution in [0.5, 0.6) is 0 Å². The second-order valence-electron chi connectivity index (χ2n) is 5.06. The summed E-state index contributed by atoms with van der Waals surface area (Å²) in [6.07, 6.45) is 5.49. The van der Waals surface area contributed by atoms with E-state index in [1.54, 1.807) is 0 Å². The van der Waals surface area contributed by atoms with Gasteiger partial charge in [-0.15, -0.1) is 0 Å². The van der Waals surface area contributed by atoms with E-state index in [1.807, 2.05) is 6.92 Å². The molecular weight excluding hydrogens is 202 g/mol. The summed E-state index contributed by atoms with van der Waals surface area (Å²) in [4.78, 5) is 12.0. The van der Waals surface area contributed by atoms with Crippen LogP contribution >= 0.6 is 0 Å². The molecule has 16 heavy (non-hydrogen) atoms. The van der Waals surface area contributed by atoms with E-state index in [1.165, 1.54) is 12.8 Å². The van der Waals surface area contributed by atoms with Crippen LogP contribution in [0.3, 0.4) is 0 Å². The molecule has 0 aromatic carbocycles. The standard InChI is InChI=1S/C13H21NO2/c1-9-3-5-11(6-4-9)14-13(15)12-7-8-16-10(12)2/h9,11H,3-8H2,1-2H3,(H,14,15). The average Bonchev–Trinajstić information content (AvgIpc) is 2.68. The first-order valence-electron chi connectivity index (χ1n) is 6.30. The number of hydrogen-bond donors (Lipinski definition) is 1. The van der Waals surface area contributed by atoms with Crippen molar-refractivity contribution in [2.24, 2.45) is 5.92 Å². The summed E-state index contributed by atoms with van der Waals surface area (Å²) in [5.41, 5.74) is 0.846. The molecule has 0 saturated heterocycles. The van der Waals surface area contributed by atoms with Gasteiger partial charge in [0.15, 0.2) is 0 Å². The van der Waals surface area contributed by atoms with Crippen molar-refractivity contribution in [1.29, 1.82) is 0 Å². The molecule has 1 N–H and O–H groups in total. The molecule has 3 nitrogen and oxygen atoms in total. The van der Waals surface area contributed by atoms with Crippen LogP contribution in [0.25, 0.3) is 0 Å². The molecule has 0 atom stereocenters. The Morgan fingerprint density at radius 1 is 1.31 bits per heavy atom. The first-order valence-corrected chi connectivity index (χ1v) is 6.30. The molecule has 90 valence electrons. The van der Waals surface area contributed by atoms with Crippen LogP contribution in [0.1, 0.15) is 46.0 Å². The van der Waals surface area contributed by atoms with E-state index in [2.05, 4.69) is 12.2 Å². The van der Waals surface area contributed by atoms with Crippen molar-refractivity contribution in [3.63, 3.8) is 0 Å². The van der Waals surface area contributed by atoms with Crippen molar-refractivity contribution in [2.75, 3.05) is 6.61 Å². The SMILES string of the molecule is CC1=C(C(=O)NC2CCC(C)CC2)CCO1. The monoisotopic (exact) mass is 223 g/mol. The Morgan fingerprint density at radius 3 is 2.56 bits per heavy atom. The molecule has 0 radical (unpaired) electrons. The highest BCUT2D eigenvalue weighted by molar-refractivity contribution is 5.94. The number of hydrogen-bond acceptors (Lipinski definition) is 2. The van der Waals surface area contributed by atoms with Gasteiger partial charge in [-0.1, -0.05) is 6.92 Å². The van der Waals surface area contributed by atoms with Gasteiger partial charge in [0.1, 0.15) is 5.76 Å². The smallest absolute Gasteiger partial charge is 0.250 e. The molecule has 2 aliphatic rings. The summed E-state index contributed by atoms with van der Waals surface area (Å²) in [7, 11) is 0. The van der Waals surface area contributed by atoms with E-state index in [0.29, 0.717) is 12.6 Å². The second kappa shape index (κ2) is 4.89. The Morgan fingerprint density at radius 2 is 2.00 bits per heavy atom. The third-order valence-corrected chi connectivity index (χ3v) is 3.72. The van der Waals surface area contributed by atoms with Crippen LogP contribution in [0.2, 0.25) is 0 Å². The predicted octanol–water partition coefficient (Wildman–Crippen LogP) is 2.38. The quantitative estimate of drug-likeness (QED) is 0.780. The van der Waals surface area contributed by atoms with Crippen LogP contribution in [-0.2, 0) is 9.53 Å². The summed E-state index contributed by atoms with van der Waals surface area (Å²) in [5.74, 6) is 1.72. The Hall–Kier alpha value is -0.990. The summed E-state index contributed by atoms with van der Waals surface area (Å²) in [6, 6.07) is 0.379. The highest BCUT2D eigenvalue weighted by Gasteiger charge is 2.24. The Bertz CT molecular complexity index is 301. The summed E-state index contributed by atoms with van der Waals surface area (Å²) >= 11 is 0. The number of ether oxygens (including phenoxy) is 1. The maximum absolute atomic E-state index is 12.0. The highest BCUT2D eigenvalue weighted by Crippen LogP contribution is 2.24. The number of rotatable bonds is 2. The van der Waals surface area contributed by atoms with Gasteiger partial charge in [0.2, 0.25) is 0 Å².